The Balaban J connectivity index is 3.10. The Morgan fingerprint density at radius 3 is 1.84 bits per heavy atom. The Morgan fingerprint density at radius 1 is 0.737 bits per heavy atom. The van der Waals surface area contributed by atoms with Gasteiger partial charge in [0.2, 0.25) is 0 Å². The number of nitrogens with one attached hydrogen (secondary N) is 4. The van der Waals surface area contributed by atoms with Gasteiger partial charge in [-0.25, -0.2) is 0 Å². The maximum atomic E-state index is 6.05. The van der Waals surface area contributed by atoms with Crippen molar-refractivity contribution in [2.75, 3.05) is 52.4 Å². The van der Waals surface area contributed by atoms with Crippen molar-refractivity contribution in [2.24, 2.45) is 5.73 Å². The molecule has 6 N–H and O–H groups in total. The van der Waals surface area contributed by atoms with Crippen molar-refractivity contribution >= 4 is 0 Å². The number of rotatable bonds is 15. The molecule has 0 saturated carbocycles. The summed E-state index contributed by atoms with van der Waals surface area (Å²) in [5, 5.41) is 13.5. The second-order valence-corrected chi connectivity index (χ2v) is 4.92. The summed E-state index contributed by atoms with van der Waals surface area (Å²) in [5.41, 5.74) is 6.05. The van der Waals surface area contributed by atoms with Gasteiger partial charge in [-0.3, -0.25) is 0 Å². The van der Waals surface area contributed by atoms with Crippen molar-refractivity contribution < 1.29 is 0 Å². The highest BCUT2D eigenvalue weighted by atomic mass is 14.9. The highest BCUT2D eigenvalue weighted by Crippen LogP contribution is 1.85. The molecule has 0 radical (unpaired) electrons. The first kappa shape index (κ1) is 18.8. The van der Waals surface area contributed by atoms with Crippen molar-refractivity contribution in [1.82, 2.24) is 21.3 Å². The predicted octanol–water partition coefficient (Wildman–Crippen LogP) is -0.118. The lowest BCUT2D eigenvalue weighted by Crippen LogP contribution is -2.37. The topological polar surface area (TPSA) is 74.1 Å². The summed E-state index contributed by atoms with van der Waals surface area (Å²) in [6.07, 6.45) is 3.40. The largest absolute Gasteiger partial charge is 0.327 e. The van der Waals surface area contributed by atoms with Gasteiger partial charge >= 0.3 is 0 Å². The van der Waals surface area contributed by atoms with Crippen molar-refractivity contribution in [3.63, 3.8) is 0 Å². The van der Waals surface area contributed by atoms with Crippen LogP contribution in [0.5, 0.6) is 0 Å². The van der Waals surface area contributed by atoms with E-state index in [2.05, 4.69) is 35.1 Å². The zero-order chi connectivity index (χ0) is 14.2. The van der Waals surface area contributed by atoms with Crippen molar-refractivity contribution in [3.8, 4) is 0 Å². The Morgan fingerprint density at radius 2 is 1.26 bits per heavy atom. The van der Waals surface area contributed by atoms with Crippen molar-refractivity contribution in [3.05, 3.63) is 0 Å². The van der Waals surface area contributed by atoms with Gasteiger partial charge in [0.15, 0.2) is 0 Å². The maximum absolute atomic E-state index is 6.05. The van der Waals surface area contributed by atoms with Gasteiger partial charge in [-0.1, -0.05) is 13.8 Å². The Hall–Kier alpha value is -0.200. The fourth-order valence-electron chi connectivity index (χ4n) is 1.83. The van der Waals surface area contributed by atoms with Gasteiger partial charge in [0.1, 0.15) is 0 Å². The highest BCUT2D eigenvalue weighted by molar-refractivity contribution is 4.66. The first-order valence-electron chi connectivity index (χ1n) is 7.89. The van der Waals surface area contributed by atoms with Crippen LogP contribution in [0.25, 0.3) is 0 Å². The quantitative estimate of drug-likeness (QED) is 0.269. The van der Waals surface area contributed by atoms with Gasteiger partial charge in [-0.15, -0.1) is 0 Å². The summed E-state index contributed by atoms with van der Waals surface area (Å²) in [6.45, 7) is 12.6. The second-order valence-electron chi connectivity index (χ2n) is 4.92. The lowest BCUT2D eigenvalue weighted by atomic mass is 10.2. The fraction of sp³-hybridized carbons (Fsp3) is 1.00. The van der Waals surface area contributed by atoms with Crippen molar-refractivity contribution in [1.29, 1.82) is 0 Å². The SMILES string of the molecule is CCNCCCNCCC(N)CNCCCNCC. The molecule has 1 unspecified atom stereocenters. The summed E-state index contributed by atoms with van der Waals surface area (Å²) in [4.78, 5) is 0. The van der Waals surface area contributed by atoms with Crippen LogP contribution in [0.1, 0.15) is 33.1 Å². The van der Waals surface area contributed by atoms with Crippen molar-refractivity contribution in [2.45, 2.75) is 39.2 Å². The Labute approximate surface area is 119 Å². The number of hydrogen-bond acceptors (Lipinski definition) is 5. The molecular formula is C14H35N5. The van der Waals surface area contributed by atoms with Crippen LogP contribution in [-0.4, -0.2) is 58.4 Å². The zero-order valence-electron chi connectivity index (χ0n) is 12.9. The lowest BCUT2D eigenvalue weighted by Gasteiger charge is -2.13. The molecule has 0 amide bonds. The summed E-state index contributed by atoms with van der Waals surface area (Å²) in [6, 6.07) is 0.264. The first-order valence-corrected chi connectivity index (χ1v) is 7.89. The molecule has 0 aromatic rings. The third kappa shape index (κ3) is 15.7. The van der Waals surface area contributed by atoms with Gasteiger partial charge in [0, 0.05) is 12.6 Å². The molecule has 0 rings (SSSR count). The Bertz CT molecular complexity index is 166. The average molecular weight is 273 g/mol. The van der Waals surface area contributed by atoms with Gasteiger partial charge < -0.3 is 27.0 Å². The first-order chi connectivity index (χ1) is 9.31. The number of hydrogen-bond donors (Lipinski definition) is 5. The molecule has 0 aliphatic heterocycles. The molecule has 5 nitrogen and oxygen atoms in total. The molecule has 116 valence electrons. The van der Waals surface area contributed by atoms with Crippen LogP contribution in [0, 0.1) is 0 Å². The fourth-order valence-corrected chi connectivity index (χ4v) is 1.83. The second kappa shape index (κ2) is 15.9. The van der Waals surface area contributed by atoms with Crippen LogP contribution >= 0.6 is 0 Å². The van der Waals surface area contributed by atoms with Crippen LogP contribution in [0.4, 0.5) is 0 Å². The standard InChI is InChI=1S/C14H35N5/c1-3-16-8-5-10-18-12-7-14(15)13-19-11-6-9-17-4-2/h14,16-19H,3-13,15H2,1-2H3. The van der Waals surface area contributed by atoms with Gasteiger partial charge in [-0.05, 0) is 65.1 Å². The smallest absolute Gasteiger partial charge is 0.0177 e. The summed E-state index contributed by atoms with van der Waals surface area (Å²) < 4.78 is 0. The lowest BCUT2D eigenvalue weighted by molar-refractivity contribution is 0.505. The molecule has 19 heavy (non-hydrogen) atoms. The molecule has 0 aliphatic rings. The Kier molecular flexibility index (Phi) is 15.7. The van der Waals surface area contributed by atoms with Gasteiger partial charge in [-0.2, -0.15) is 0 Å². The molecule has 1 atom stereocenters. The van der Waals surface area contributed by atoms with Crippen LogP contribution in [0.3, 0.4) is 0 Å². The predicted molar refractivity (Wildman–Crippen MR) is 84.7 cm³/mol. The zero-order valence-corrected chi connectivity index (χ0v) is 12.9. The van der Waals surface area contributed by atoms with E-state index in [9.17, 15) is 0 Å². The summed E-state index contributed by atoms with van der Waals surface area (Å²) in [5.74, 6) is 0. The molecule has 0 bridgehead atoms. The van der Waals surface area contributed by atoms with Crippen LogP contribution < -0.4 is 27.0 Å². The monoisotopic (exact) mass is 273 g/mol. The normalized spacial score (nSPS) is 12.8. The van der Waals surface area contributed by atoms with Crippen LogP contribution in [0.15, 0.2) is 0 Å². The highest BCUT2D eigenvalue weighted by Gasteiger charge is 2.00. The van der Waals surface area contributed by atoms with Crippen LogP contribution in [-0.2, 0) is 0 Å². The maximum Gasteiger partial charge on any atom is 0.0177 e. The van der Waals surface area contributed by atoms with E-state index in [1.54, 1.807) is 0 Å². The number of nitrogens with two attached hydrogens (primary N) is 1. The van der Waals surface area contributed by atoms with E-state index < -0.39 is 0 Å². The van der Waals surface area contributed by atoms with E-state index in [0.29, 0.717) is 0 Å². The van der Waals surface area contributed by atoms with E-state index in [4.69, 9.17) is 5.73 Å². The van der Waals surface area contributed by atoms with E-state index in [-0.39, 0.29) is 6.04 Å². The van der Waals surface area contributed by atoms with E-state index in [1.165, 1.54) is 12.8 Å². The summed E-state index contributed by atoms with van der Waals surface area (Å²) in [7, 11) is 0. The molecule has 0 aromatic carbocycles. The molecule has 0 spiro atoms. The third-order valence-corrected chi connectivity index (χ3v) is 3.01. The summed E-state index contributed by atoms with van der Waals surface area (Å²) >= 11 is 0. The molecule has 0 heterocycles. The molecular weight excluding hydrogens is 238 g/mol. The molecule has 0 aromatic heterocycles. The minimum absolute atomic E-state index is 0.264. The minimum Gasteiger partial charge on any atom is -0.327 e. The average Bonchev–Trinajstić information content (AvgIpc) is 2.41. The van der Waals surface area contributed by atoms with Crippen LogP contribution in [0.2, 0.25) is 0 Å². The van der Waals surface area contributed by atoms with E-state index in [1.807, 2.05) is 0 Å². The molecule has 0 saturated heterocycles. The molecule has 0 fully saturated rings. The minimum atomic E-state index is 0.264. The molecule has 5 heteroatoms. The van der Waals surface area contributed by atoms with Gasteiger partial charge in [0.25, 0.3) is 0 Å². The third-order valence-electron chi connectivity index (χ3n) is 3.01. The van der Waals surface area contributed by atoms with Gasteiger partial charge in [0.05, 0.1) is 0 Å². The van der Waals surface area contributed by atoms with E-state index >= 15 is 0 Å². The van der Waals surface area contributed by atoms with E-state index in [0.717, 1.165) is 58.8 Å². The molecule has 0 aliphatic carbocycles.